The number of rotatable bonds is 8. The zero-order valence-corrected chi connectivity index (χ0v) is 18.4. The molecule has 0 aliphatic carbocycles. The Hall–Kier alpha value is -2.87. The lowest BCUT2D eigenvalue weighted by Gasteiger charge is -2.26. The molecule has 0 radical (unpaired) electrons. The van der Waals surface area contributed by atoms with Crippen molar-refractivity contribution in [3.8, 4) is 0 Å². The van der Waals surface area contributed by atoms with Crippen molar-refractivity contribution in [1.82, 2.24) is 10.2 Å². The number of carbonyl (C=O) groups excluding carboxylic acids is 2. The van der Waals surface area contributed by atoms with E-state index in [9.17, 15) is 18.0 Å². The van der Waals surface area contributed by atoms with Gasteiger partial charge in [-0.3, -0.25) is 4.79 Å². The SMILES string of the molecule is O=C(NCCCS(=O)(=O)Cc1ccccc1)Nc1cccc(C(=O)N2CCCCC2)c1. The van der Waals surface area contributed by atoms with Gasteiger partial charge in [0.1, 0.15) is 0 Å². The molecule has 1 fully saturated rings. The zero-order valence-electron chi connectivity index (χ0n) is 17.5. The lowest BCUT2D eigenvalue weighted by atomic mass is 10.1. The van der Waals surface area contributed by atoms with Gasteiger partial charge in [-0.05, 0) is 49.4 Å². The van der Waals surface area contributed by atoms with E-state index in [1.165, 1.54) is 0 Å². The molecule has 0 spiro atoms. The molecule has 3 rings (SSSR count). The molecule has 2 aromatic carbocycles. The fraction of sp³-hybridized carbons (Fsp3) is 0.391. The number of hydrogen-bond acceptors (Lipinski definition) is 4. The summed E-state index contributed by atoms with van der Waals surface area (Å²) in [6.45, 7) is 1.78. The van der Waals surface area contributed by atoms with Gasteiger partial charge in [-0.1, -0.05) is 36.4 Å². The van der Waals surface area contributed by atoms with E-state index in [1.807, 2.05) is 23.1 Å². The molecule has 2 aromatic rings. The van der Waals surface area contributed by atoms with Gasteiger partial charge in [-0.2, -0.15) is 0 Å². The molecule has 7 nitrogen and oxygen atoms in total. The standard InChI is InChI=1S/C23H29N3O4S/c27-22(26-14-5-2-6-15-26)20-11-7-12-21(17-20)25-23(28)24-13-8-16-31(29,30)18-19-9-3-1-4-10-19/h1,3-4,7,9-12,17H,2,5-6,8,13-16,18H2,(H2,24,25,28). The van der Waals surface area contributed by atoms with Crippen LogP contribution in [0.3, 0.4) is 0 Å². The lowest BCUT2D eigenvalue weighted by molar-refractivity contribution is 0.0724. The molecule has 1 aliphatic heterocycles. The second-order valence-electron chi connectivity index (χ2n) is 7.75. The molecular formula is C23H29N3O4S. The zero-order chi connectivity index (χ0) is 22.1. The number of urea groups is 1. The molecule has 0 aromatic heterocycles. The highest BCUT2D eigenvalue weighted by Crippen LogP contribution is 2.16. The van der Waals surface area contributed by atoms with Gasteiger partial charge in [0.25, 0.3) is 5.91 Å². The predicted molar refractivity (Wildman–Crippen MR) is 122 cm³/mol. The normalized spacial score (nSPS) is 14.1. The maximum atomic E-state index is 12.6. The Morgan fingerprint density at radius 2 is 1.68 bits per heavy atom. The van der Waals surface area contributed by atoms with Crippen molar-refractivity contribution in [3.05, 3.63) is 65.7 Å². The average Bonchev–Trinajstić information content (AvgIpc) is 2.77. The van der Waals surface area contributed by atoms with Gasteiger partial charge in [-0.15, -0.1) is 0 Å². The fourth-order valence-electron chi connectivity index (χ4n) is 3.58. The highest BCUT2D eigenvalue weighted by molar-refractivity contribution is 7.90. The van der Waals surface area contributed by atoms with Crippen LogP contribution >= 0.6 is 0 Å². The summed E-state index contributed by atoms with van der Waals surface area (Å²) in [5.74, 6) is -0.0211. The Bertz CT molecular complexity index is 987. The van der Waals surface area contributed by atoms with E-state index in [-0.39, 0.29) is 24.0 Å². The Kier molecular flexibility index (Phi) is 8.06. The van der Waals surface area contributed by atoms with E-state index in [1.54, 1.807) is 36.4 Å². The largest absolute Gasteiger partial charge is 0.339 e. The van der Waals surface area contributed by atoms with Crippen LogP contribution in [-0.2, 0) is 15.6 Å². The summed E-state index contributed by atoms with van der Waals surface area (Å²) in [5, 5.41) is 5.38. The Morgan fingerprint density at radius 1 is 0.935 bits per heavy atom. The molecule has 1 aliphatic rings. The van der Waals surface area contributed by atoms with Crippen molar-refractivity contribution < 1.29 is 18.0 Å². The second-order valence-corrected chi connectivity index (χ2v) is 9.93. The third kappa shape index (κ3) is 7.40. The maximum absolute atomic E-state index is 12.6. The molecule has 0 saturated carbocycles. The second kappa shape index (κ2) is 10.9. The van der Waals surface area contributed by atoms with E-state index < -0.39 is 15.9 Å². The van der Waals surface area contributed by atoms with Crippen LogP contribution in [0.2, 0.25) is 0 Å². The maximum Gasteiger partial charge on any atom is 0.319 e. The minimum Gasteiger partial charge on any atom is -0.339 e. The smallest absolute Gasteiger partial charge is 0.319 e. The summed E-state index contributed by atoms with van der Waals surface area (Å²) in [7, 11) is -3.23. The summed E-state index contributed by atoms with van der Waals surface area (Å²) < 4.78 is 24.4. The van der Waals surface area contributed by atoms with Crippen molar-refractivity contribution in [1.29, 1.82) is 0 Å². The van der Waals surface area contributed by atoms with Gasteiger partial charge in [0.15, 0.2) is 9.84 Å². The summed E-state index contributed by atoms with van der Waals surface area (Å²) in [6, 6.07) is 15.5. The summed E-state index contributed by atoms with van der Waals surface area (Å²) in [6.07, 6.45) is 3.52. The van der Waals surface area contributed by atoms with Gasteiger partial charge < -0.3 is 15.5 Å². The number of amides is 3. The predicted octanol–water partition coefficient (Wildman–Crippen LogP) is 3.44. The van der Waals surface area contributed by atoms with Crippen molar-refractivity contribution in [2.45, 2.75) is 31.4 Å². The van der Waals surface area contributed by atoms with Crippen molar-refractivity contribution in [3.63, 3.8) is 0 Å². The molecule has 31 heavy (non-hydrogen) atoms. The molecule has 1 heterocycles. The molecule has 166 valence electrons. The van der Waals surface area contributed by atoms with Crippen LogP contribution in [0.1, 0.15) is 41.6 Å². The molecule has 0 unspecified atom stereocenters. The van der Waals surface area contributed by atoms with E-state index in [0.29, 0.717) is 17.7 Å². The summed E-state index contributed by atoms with van der Waals surface area (Å²) in [5.41, 5.74) is 1.83. The number of hydrogen-bond donors (Lipinski definition) is 2. The Labute approximate surface area is 183 Å². The van der Waals surface area contributed by atoms with Gasteiger partial charge in [0.05, 0.1) is 11.5 Å². The van der Waals surface area contributed by atoms with Gasteiger partial charge >= 0.3 is 6.03 Å². The van der Waals surface area contributed by atoms with Crippen LogP contribution in [0, 0.1) is 0 Å². The average molecular weight is 444 g/mol. The fourth-order valence-corrected chi connectivity index (χ4v) is 5.01. The minimum atomic E-state index is -3.23. The van der Waals surface area contributed by atoms with Crippen LogP contribution in [0.4, 0.5) is 10.5 Å². The third-order valence-electron chi connectivity index (χ3n) is 5.16. The summed E-state index contributed by atoms with van der Waals surface area (Å²) >= 11 is 0. The van der Waals surface area contributed by atoms with E-state index in [0.717, 1.165) is 37.9 Å². The first kappa shape index (κ1) is 22.8. The number of likely N-dealkylation sites (tertiary alicyclic amines) is 1. The first-order valence-electron chi connectivity index (χ1n) is 10.6. The van der Waals surface area contributed by atoms with Crippen LogP contribution in [0.25, 0.3) is 0 Å². The number of sulfone groups is 1. The quantitative estimate of drug-likeness (QED) is 0.611. The molecule has 0 atom stereocenters. The van der Waals surface area contributed by atoms with Gasteiger partial charge in [-0.25, -0.2) is 13.2 Å². The van der Waals surface area contributed by atoms with Crippen molar-refractivity contribution in [2.75, 3.05) is 30.7 Å². The molecule has 2 N–H and O–H groups in total. The Balaban J connectivity index is 1.43. The van der Waals surface area contributed by atoms with Crippen LogP contribution in [0.5, 0.6) is 0 Å². The number of benzene rings is 2. The van der Waals surface area contributed by atoms with E-state index >= 15 is 0 Å². The number of nitrogens with zero attached hydrogens (tertiary/aromatic N) is 1. The highest BCUT2D eigenvalue weighted by Gasteiger charge is 2.18. The minimum absolute atomic E-state index is 0.00198. The first-order chi connectivity index (χ1) is 14.9. The van der Waals surface area contributed by atoms with Crippen molar-refractivity contribution in [2.24, 2.45) is 0 Å². The first-order valence-corrected chi connectivity index (χ1v) is 12.4. The topological polar surface area (TPSA) is 95.6 Å². The molecular weight excluding hydrogens is 414 g/mol. The number of piperidine rings is 1. The van der Waals surface area contributed by atoms with Crippen LogP contribution < -0.4 is 10.6 Å². The molecule has 0 bridgehead atoms. The lowest BCUT2D eigenvalue weighted by Crippen LogP contribution is -2.35. The van der Waals surface area contributed by atoms with Crippen LogP contribution in [-0.4, -0.2) is 50.6 Å². The molecule has 3 amide bonds. The molecule has 8 heteroatoms. The molecule has 1 saturated heterocycles. The van der Waals surface area contributed by atoms with E-state index in [2.05, 4.69) is 10.6 Å². The van der Waals surface area contributed by atoms with Gasteiger partial charge in [0, 0.05) is 30.9 Å². The number of carbonyl (C=O) groups is 2. The number of nitrogens with one attached hydrogen (secondary N) is 2. The Morgan fingerprint density at radius 3 is 2.42 bits per heavy atom. The highest BCUT2D eigenvalue weighted by atomic mass is 32.2. The third-order valence-corrected chi connectivity index (χ3v) is 6.84. The van der Waals surface area contributed by atoms with E-state index in [4.69, 9.17) is 0 Å². The van der Waals surface area contributed by atoms with Crippen molar-refractivity contribution >= 4 is 27.5 Å². The number of anilines is 1. The monoisotopic (exact) mass is 443 g/mol. The summed E-state index contributed by atoms with van der Waals surface area (Å²) in [4.78, 5) is 26.6. The van der Waals surface area contributed by atoms with Gasteiger partial charge in [0.2, 0.25) is 0 Å². The van der Waals surface area contributed by atoms with Crippen LogP contribution in [0.15, 0.2) is 54.6 Å².